The average molecular weight is 308 g/mol. The average Bonchev–Trinajstić information content (AvgIpc) is 2.92. The van der Waals surface area contributed by atoms with E-state index in [0.29, 0.717) is 13.0 Å². The molecular weight excluding hydrogens is 288 g/mol. The lowest BCUT2D eigenvalue weighted by Gasteiger charge is -2.20. The molecule has 1 aromatic heterocycles. The van der Waals surface area contributed by atoms with E-state index in [1.807, 2.05) is 30.3 Å². The summed E-state index contributed by atoms with van der Waals surface area (Å²) >= 11 is 0. The molecule has 0 amide bonds. The smallest absolute Gasteiger partial charge is 0.262 e. The van der Waals surface area contributed by atoms with Gasteiger partial charge in [0.2, 0.25) is 0 Å². The highest BCUT2D eigenvalue weighted by atomic mass is 32.2. The zero-order valence-corrected chi connectivity index (χ0v) is 12.8. The Labute approximate surface area is 125 Å². The quantitative estimate of drug-likeness (QED) is 0.812. The second-order valence-electron chi connectivity index (χ2n) is 4.81. The Morgan fingerprint density at radius 2 is 1.95 bits per heavy atom. The second kappa shape index (κ2) is 6.84. The number of hydrogen-bond acceptors (Lipinski definition) is 4. The van der Waals surface area contributed by atoms with Crippen LogP contribution in [0.4, 0.5) is 0 Å². The molecular formula is C14H20N4O2S. The molecule has 114 valence electrons. The largest absolute Gasteiger partial charge is 0.339 e. The van der Waals surface area contributed by atoms with Crippen molar-refractivity contribution in [1.29, 1.82) is 0 Å². The van der Waals surface area contributed by atoms with Crippen LogP contribution in [0.1, 0.15) is 5.56 Å². The van der Waals surface area contributed by atoms with E-state index >= 15 is 0 Å². The highest BCUT2D eigenvalue weighted by Crippen LogP contribution is 2.13. The number of aryl methyl sites for hydroxylation is 1. The van der Waals surface area contributed by atoms with Crippen LogP contribution in [0.15, 0.2) is 47.9 Å². The summed E-state index contributed by atoms with van der Waals surface area (Å²) in [6, 6.07) is 9.78. The summed E-state index contributed by atoms with van der Waals surface area (Å²) in [6.07, 6.45) is 3.62. The van der Waals surface area contributed by atoms with Gasteiger partial charge in [0.1, 0.15) is 0 Å². The molecule has 0 saturated carbocycles. The van der Waals surface area contributed by atoms with Gasteiger partial charge in [-0.1, -0.05) is 30.3 Å². The highest BCUT2D eigenvalue weighted by molar-refractivity contribution is 7.89. The molecule has 0 spiro atoms. The van der Waals surface area contributed by atoms with E-state index in [1.54, 1.807) is 11.6 Å². The van der Waals surface area contributed by atoms with Gasteiger partial charge in [0.05, 0.1) is 6.33 Å². The third-order valence-electron chi connectivity index (χ3n) is 3.16. The molecule has 0 fully saturated rings. The first-order valence-electron chi connectivity index (χ1n) is 6.76. The minimum atomic E-state index is -3.59. The Balaban J connectivity index is 2.14. The van der Waals surface area contributed by atoms with Crippen LogP contribution in [-0.2, 0) is 23.5 Å². The molecule has 2 N–H and O–H groups in total. The van der Waals surface area contributed by atoms with Crippen molar-refractivity contribution >= 4 is 10.0 Å². The van der Waals surface area contributed by atoms with Gasteiger partial charge in [0.25, 0.3) is 10.0 Å². The van der Waals surface area contributed by atoms with E-state index in [2.05, 4.69) is 4.98 Å². The van der Waals surface area contributed by atoms with E-state index in [4.69, 9.17) is 5.73 Å². The van der Waals surface area contributed by atoms with Crippen molar-refractivity contribution in [3.63, 3.8) is 0 Å². The number of aromatic nitrogens is 2. The summed E-state index contributed by atoms with van der Waals surface area (Å²) in [7, 11) is -1.85. The van der Waals surface area contributed by atoms with Crippen LogP contribution in [0.25, 0.3) is 0 Å². The third kappa shape index (κ3) is 3.90. The first-order valence-corrected chi connectivity index (χ1v) is 8.20. The molecule has 21 heavy (non-hydrogen) atoms. The van der Waals surface area contributed by atoms with Crippen molar-refractivity contribution in [3.8, 4) is 0 Å². The lowest BCUT2D eigenvalue weighted by molar-refractivity contribution is 0.420. The summed E-state index contributed by atoms with van der Waals surface area (Å²) < 4.78 is 28.1. The van der Waals surface area contributed by atoms with Crippen molar-refractivity contribution in [2.45, 2.75) is 11.4 Å². The predicted octanol–water partition coefficient (Wildman–Crippen LogP) is 0.612. The maximum Gasteiger partial charge on any atom is 0.262 e. The Kier molecular flexibility index (Phi) is 5.11. The van der Waals surface area contributed by atoms with E-state index in [-0.39, 0.29) is 18.1 Å². The minimum absolute atomic E-state index is 0.0616. The summed E-state index contributed by atoms with van der Waals surface area (Å²) in [5.74, 6) is 0. The van der Waals surface area contributed by atoms with Crippen molar-refractivity contribution < 1.29 is 8.42 Å². The van der Waals surface area contributed by atoms with Gasteiger partial charge >= 0.3 is 0 Å². The van der Waals surface area contributed by atoms with E-state index < -0.39 is 10.0 Å². The van der Waals surface area contributed by atoms with Crippen molar-refractivity contribution in [2.75, 3.05) is 19.6 Å². The molecule has 6 nitrogen and oxygen atoms in total. The van der Waals surface area contributed by atoms with Gasteiger partial charge in [-0.05, 0) is 12.0 Å². The molecule has 1 aromatic carbocycles. The maximum absolute atomic E-state index is 12.6. The molecule has 0 saturated heterocycles. The van der Waals surface area contributed by atoms with Gasteiger partial charge in [-0.25, -0.2) is 13.4 Å². The van der Waals surface area contributed by atoms with Crippen LogP contribution in [0.3, 0.4) is 0 Å². The van der Waals surface area contributed by atoms with Crippen LogP contribution < -0.4 is 5.73 Å². The zero-order chi connectivity index (χ0) is 15.3. The van der Waals surface area contributed by atoms with Crippen molar-refractivity contribution in [1.82, 2.24) is 13.9 Å². The lowest BCUT2D eigenvalue weighted by atomic mass is 10.1. The number of sulfonamides is 1. The second-order valence-corrected chi connectivity index (χ2v) is 6.69. The van der Waals surface area contributed by atoms with E-state index in [1.165, 1.54) is 16.8 Å². The van der Waals surface area contributed by atoms with E-state index in [9.17, 15) is 8.42 Å². The number of nitrogens with zero attached hydrogens (tertiary/aromatic N) is 3. The van der Waals surface area contributed by atoms with Crippen LogP contribution in [0, 0.1) is 0 Å². The lowest BCUT2D eigenvalue weighted by Crippen LogP contribution is -2.37. The third-order valence-corrected chi connectivity index (χ3v) is 4.94. The summed E-state index contributed by atoms with van der Waals surface area (Å²) in [4.78, 5) is 3.94. The Bertz CT molecular complexity index is 667. The molecule has 2 aromatic rings. The molecule has 1 heterocycles. The predicted molar refractivity (Wildman–Crippen MR) is 81.2 cm³/mol. The Morgan fingerprint density at radius 3 is 2.52 bits per heavy atom. The van der Waals surface area contributed by atoms with Crippen LogP contribution in [0.2, 0.25) is 0 Å². The number of hydrogen-bond donors (Lipinski definition) is 1. The first-order chi connectivity index (χ1) is 10.0. The number of rotatable bonds is 7. The van der Waals surface area contributed by atoms with Gasteiger partial charge in [0, 0.05) is 32.9 Å². The van der Waals surface area contributed by atoms with Crippen LogP contribution in [0.5, 0.6) is 0 Å². The zero-order valence-electron chi connectivity index (χ0n) is 12.0. The SMILES string of the molecule is Cn1cnc(S(=O)(=O)N(CCN)CCc2ccccc2)c1. The van der Waals surface area contributed by atoms with E-state index in [0.717, 1.165) is 5.56 Å². The van der Waals surface area contributed by atoms with Crippen LogP contribution in [-0.4, -0.2) is 41.9 Å². The monoisotopic (exact) mass is 308 g/mol. The van der Waals surface area contributed by atoms with Gasteiger partial charge in [-0.2, -0.15) is 4.31 Å². The fourth-order valence-corrected chi connectivity index (χ4v) is 3.47. The Hall–Kier alpha value is -1.70. The molecule has 0 aliphatic carbocycles. The molecule has 7 heteroatoms. The van der Waals surface area contributed by atoms with Gasteiger partial charge < -0.3 is 10.3 Å². The minimum Gasteiger partial charge on any atom is -0.339 e. The molecule has 0 atom stereocenters. The Morgan fingerprint density at radius 1 is 1.24 bits per heavy atom. The van der Waals surface area contributed by atoms with Crippen molar-refractivity contribution in [3.05, 3.63) is 48.4 Å². The fourth-order valence-electron chi connectivity index (χ4n) is 2.05. The number of benzene rings is 1. The summed E-state index contributed by atoms with van der Waals surface area (Å²) in [6.45, 7) is 0.951. The molecule has 0 radical (unpaired) electrons. The number of imidazole rings is 1. The van der Waals surface area contributed by atoms with Gasteiger partial charge in [-0.3, -0.25) is 0 Å². The summed E-state index contributed by atoms with van der Waals surface area (Å²) in [5.41, 5.74) is 6.64. The molecule has 0 unspecified atom stereocenters. The molecule has 0 aliphatic rings. The standard InChI is InChI=1S/C14H20N4O2S/c1-17-11-14(16-12-17)21(19,20)18(10-8-15)9-7-13-5-3-2-4-6-13/h2-6,11-12H,7-10,15H2,1H3. The maximum atomic E-state index is 12.6. The first kappa shape index (κ1) is 15.7. The van der Waals surface area contributed by atoms with Crippen molar-refractivity contribution in [2.24, 2.45) is 12.8 Å². The highest BCUT2D eigenvalue weighted by Gasteiger charge is 2.25. The normalized spacial score (nSPS) is 12.0. The topological polar surface area (TPSA) is 81.2 Å². The molecule has 0 aliphatic heterocycles. The van der Waals surface area contributed by atoms with Gasteiger partial charge in [0.15, 0.2) is 5.03 Å². The van der Waals surface area contributed by atoms with Gasteiger partial charge in [-0.15, -0.1) is 0 Å². The molecule has 2 rings (SSSR count). The van der Waals surface area contributed by atoms with Crippen LogP contribution >= 0.6 is 0 Å². The fraction of sp³-hybridized carbons (Fsp3) is 0.357. The number of nitrogens with two attached hydrogens (primary N) is 1. The summed E-state index contributed by atoms with van der Waals surface area (Å²) in [5, 5.41) is 0.0616. The molecule has 0 bridgehead atoms.